The van der Waals surface area contributed by atoms with Gasteiger partial charge < -0.3 is 14.6 Å². The van der Waals surface area contributed by atoms with E-state index in [1.807, 2.05) is 50.9 Å². The Morgan fingerprint density at radius 1 is 1.04 bits per heavy atom. The van der Waals surface area contributed by atoms with Gasteiger partial charge in [0.05, 0.1) is 36.4 Å². The third-order valence-corrected chi connectivity index (χ3v) is 4.15. The van der Waals surface area contributed by atoms with Crippen LogP contribution in [0.2, 0.25) is 0 Å². The van der Waals surface area contributed by atoms with Crippen LogP contribution in [-0.4, -0.2) is 31.4 Å². The van der Waals surface area contributed by atoms with Gasteiger partial charge >= 0.3 is 0 Å². The van der Waals surface area contributed by atoms with Crippen molar-refractivity contribution in [1.29, 1.82) is 0 Å². The van der Waals surface area contributed by atoms with Gasteiger partial charge in [0.1, 0.15) is 5.82 Å². The second-order valence-electron chi connectivity index (χ2n) is 5.83. The lowest BCUT2D eigenvalue weighted by Gasteiger charge is -2.07. The van der Waals surface area contributed by atoms with Crippen LogP contribution in [0.1, 0.15) is 0 Å². The Bertz CT molecular complexity index is 1030. The average Bonchev–Trinajstić information content (AvgIpc) is 3.19. The van der Waals surface area contributed by atoms with Crippen molar-refractivity contribution in [2.24, 2.45) is 14.1 Å². The maximum Gasteiger partial charge on any atom is 0.213 e. The van der Waals surface area contributed by atoms with E-state index >= 15 is 0 Å². The molecule has 0 aliphatic carbocycles. The Hall–Kier alpha value is -3.35. The second kappa shape index (κ2) is 5.94. The van der Waals surface area contributed by atoms with Crippen LogP contribution >= 0.6 is 0 Å². The highest BCUT2D eigenvalue weighted by molar-refractivity contribution is 5.88. The summed E-state index contributed by atoms with van der Waals surface area (Å²) in [5, 5.41) is 8.60. The summed E-state index contributed by atoms with van der Waals surface area (Å²) >= 11 is 0. The minimum Gasteiger partial charge on any atom is -0.481 e. The molecular formula is C18H18N6O. The molecule has 0 amide bonds. The summed E-state index contributed by atoms with van der Waals surface area (Å²) in [4.78, 5) is 8.69. The molecule has 4 heterocycles. The van der Waals surface area contributed by atoms with Gasteiger partial charge in [0.15, 0.2) is 0 Å². The largest absolute Gasteiger partial charge is 0.481 e. The van der Waals surface area contributed by atoms with Crippen LogP contribution < -0.4 is 10.1 Å². The lowest BCUT2D eigenvalue weighted by Crippen LogP contribution is -1.96. The summed E-state index contributed by atoms with van der Waals surface area (Å²) in [6.45, 7) is 0. The van der Waals surface area contributed by atoms with Gasteiger partial charge in [-0.1, -0.05) is 0 Å². The van der Waals surface area contributed by atoms with Crippen molar-refractivity contribution in [1.82, 2.24) is 24.3 Å². The minimum absolute atomic E-state index is 0.581. The lowest BCUT2D eigenvalue weighted by atomic mass is 10.2. The molecule has 7 heteroatoms. The molecule has 0 bridgehead atoms. The molecule has 0 spiro atoms. The molecule has 0 radical (unpaired) electrons. The van der Waals surface area contributed by atoms with Gasteiger partial charge in [0.25, 0.3) is 0 Å². The van der Waals surface area contributed by atoms with E-state index in [0.717, 1.165) is 33.7 Å². The van der Waals surface area contributed by atoms with Crippen LogP contribution in [-0.2, 0) is 14.1 Å². The fourth-order valence-corrected chi connectivity index (χ4v) is 2.85. The highest BCUT2D eigenvalue weighted by Gasteiger charge is 2.11. The van der Waals surface area contributed by atoms with Gasteiger partial charge in [0.2, 0.25) is 5.88 Å². The number of fused-ring (bicyclic) bond motifs is 1. The quantitative estimate of drug-likeness (QED) is 0.621. The Labute approximate surface area is 144 Å². The number of nitrogens with zero attached hydrogens (tertiary/aromatic N) is 5. The molecule has 0 fully saturated rings. The van der Waals surface area contributed by atoms with Gasteiger partial charge in [-0.25, -0.2) is 9.97 Å². The van der Waals surface area contributed by atoms with E-state index in [9.17, 15) is 0 Å². The van der Waals surface area contributed by atoms with Crippen molar-refractivity contribution >= 4 is 22.4 Å². The zero-order valence-electron chi connectivity index (χ0n) is 14.3. The van der Waals surface area contributed by atoms with Gasteiger partial charge in [-0.2, -0.15) is 5.10 Å². The van der Waals surface area contributed by atoms with Crippen molar-refractivity contribution in [3.05, 3.63) is 49.1 Å². The highest BCUT2D eigenvalue weighted by Crippen LogP contribution is 2.28. The van der Waals surface area contributed by atoms with Crippen molar-refractivity contribution < 1.29 is 4.74 Å². The first-order chi connectivity index (χ1) is 12.1. The number of methoxy groups -OCH3 is 1. The second-order valence-corrected chi connectivity index (χ2v) is 5.83. The highest BCUT2D eigenvalue weighted by atomic mass is 16.5. The van der Waals surface area contributed by atoms with Gasteiger partial charge in [-0.05, 0) is 12.1 Å². The van der Waals surface area contributed by atoms with Crippen molar-refractivity contribution in [3.63, 3.8) is 0 Å². The summed E-state index contributed by atoms with van der Waals surface area (Å²) in [7, 11) is 5.56. The lowest BCUT2D eigenvalue weighted by molar-refractivity contribution is 0.398. The topological polar surface area (TPSA) is 69.8 Å². The molecule has 0 saturated carbocycles. The van der Waals surface area contributed by atoms with Crippen LogP contribution in [0.3, 0.4) is 0 Å². The zero-order valence-corrected chi connectivity index (χ0v) is 14.3. The van der Waals surface area contributed by atoms with E-state index in [4.69, 9.17) is 4.74 Å². The number of ether oxygens (including phenoxy) is 1. The van der Waals surface area contributed by atoms with Crippen molar-refractivity contribution in [3.8, 4) is 17.1 Å². The van der Waals surface area contributed by atoms with Gasteiger partial charge in [-0.15, -0.1) is 0 Å². The van der Waals surface area contributed by atoms with E-state index in [-0.39, 0.29) is 0 Å². The molecular weight excluding hydrogens is 316 g/mol. The first kappa shape index (κ1) is 15.2. The molecule has 0 unspecified atom stereocenters. The fourth-order valence-electron chi connectivity index (χ4n) is 2.85. The first-order valence-electron chi connectivity index (χ1n) is 7.85. The monoisotopic (exact) mass is 334 g/mol. The number of pyridine rings is 2. The van der Waals surface area contributed by atoms with Crippen LogP contribution in [0.25, 0.3) is 22.2 Å². The third kappa shape index (κ3) is 2.80. The molecule has 126 valence electrons. The number of hydrogen-bond acceptors (Lipinski definition) is 5. The van der Waals surface area contributed by atoms with Gasteiger partial charge in [0, 0.05) is 49.6 Å². The van der Waals surface area contributed by atoms with E-state index in [1.165, 1.54) is 0 Å². The minimum atomic E-state index is 0.581. The summed E-state index contributed by atoms with van der Waals surface area (Å²) in [6.07, 6.45) is 7.46. The van der Waals surface area contributed by atoms with E-state index in [2.05, 4.69) is 31.0 Å². The van der Waals surface area contributed by atoms with Crippen LogP contribution in [0.15, 0.2) is 49.1 Å². The predicted molar refractivity (Wildman–Crippen MR) is 97.0 cm³/mol. The molecule has 0 saturated heterocycles. The van der Waals surface area contributed by atoms with Crippen molar-refractivity contribution in [2.45, 2.75) is 0 Å². The molecule has 0 aromatic carbocycles. The summed E-state index contributed by atoms with van der Waals surface area (Å²) in [5.41, 5.74) is 4.13. The SMILES string of the molecule is COc1ccc(Nc2cc3c(cn2)cc(-c2cnn(C)c2)n3C)cn1. The molecule has 7 nitrogen and oxygen atoms in total. The van der Waals surface area contributed by atoms with E-state index in [0.29, 0.717) is 5.88 Å². The number of hydrogen-bond donors (Lipinski definition) is 1. The van der Waals surface area contributed by atoms with Crippen LogP contribution in [0.5, 0.6) is 5.88 Å². The maximum absolute atomic E-state index is 5.07. The average molecular weight is 334 g/mol. The molecule has 0 atom stereocenters. The van der Waals surface area contributed by atoms with Gasteiger partial charge in [-0.3, -0.25) is 4.68 Å². The number of aryl methyl sites for hydroxylation is 2. The summed E-state index contributed by atoms with van der Waals surface area (Å²) < 4.78 is 9.02. The number of rotatable bonds is 4. The number of aromatic nitrogens is 5. The molecule has 4 aromatic rings. The van der Waals surface area contributed by atoms with Crippen LogP contribution in [0.4, 0.5) is 11.5 Å². The Morgan fingerprint density at radius 3 is 2.60 bits per heavy atom. The van der Waals surface area contributed by atoms with E-state index < -0.39 is 0 Å². The smallest absolute Gasteiger partial charge is 0.213 e. The Kier molecular flexibility index (Phi) is 3.61. The normalized spacial score (nSPS) is 11.0. The Morgan fingerprint density at radius 2 is 1.92 bits per heavy atom. The number of nitrogens with one attached hydrogen (secondary N) is 1. The standard InChI is InChI=1S/C18H18N6O/c1-23-11-13(9-21-23)15-6-12-8-19-17(7-16(12)24(15)2)22-14-4-5-18(25-3)20-10-14/h4-11H,1-3H3,(H,19,22). The first-order valence-corrected chi connectivity index (χ1v) is 7.85. The molecule has 4 rings (SSSR count). The summed E-state index contributed by atoms with van der Waals surface area (Å²) in [5.74, 6) is 1.34. The van der Waals surface area contributed by atoms with Crippen molar-refractivity contribution in [2.75, 3.05) is 12.4 Å². The predicted octanol–water partition coefficient (Wildman–Crippen LogP) is 3.12. The zero-order chi connectivity index (χ0) is 17.4. The molecule has 1 N–H and O–H groups in total. The van der Waals surface area contributed by atoms with Crippen LogP contribution in [0, 0.1) is 0 Å². The third-order valence-electron chi connectivity index (χ3n) is 4.15. The molecule has 4 aromatic heterocycles. The maximum atomic E-state index is 5.07. The molecule has 0 aliphatic heterocycles. The molecule has 25 heavy (non-hydrogen) atoms. The number of anilines is 2. The Balaban J connectivity index is 1.68. The summed E-state index contributed by atoms with van der Waals surface area (Å²) in [6, 6.07) is 7.87. The fraction of sp³-hybridized carbons (Fsp3) is 0.167. The molecule has 0 aliphatic rings. The van der Waals surface area contributed by atoms with E-state index in [1.54, 1.807) is 18.0 Å².